The number of cyclic esters (lactones) is 1. The predicted molar refractivity (Wildman–Crippen MR) is 96.9 cm³/mol. The van der Waals surface area contributed by atoms with Gasteiger partial charge in [0.25, 0.3) is 6.43 Å². The summed E-state index contributed by atoms with van der Waals surface area (Å²) in [4.78, 5) is 32.8. The molecule has 0 aromatic carbocycles. The Morgan fingerprint density at radius 1 is 1.34 bits per heavy atom. The van der Waals surface area contributed by atoms with Crippen molar-refractivity contribution < 1.29 is 27.8 Å². The number of anilines is 2. The molecule has 2 atom stereocenters. The number of nitrogens with one attached hydrogen (secondary N) is 1. The average Bonchev–Trinajstić information content (AvgIpc) is 3.21. The fourth-order valence-electron chi connectivity index (χ4n) is 3.12. The maximum absolute atomic E-state index is 13.3. The molecule has 29 heavy (non-hydrogen) atoms. The first-order valence-corrected chi connectivity index (χ1v) is 8.86. The summed E-state index contributed by atoms with van der Waals surface area (Å²) >= 11 is 0. The molecule has 2 aromatic rings. The topological polar surface area (TPSA) is 125 Å². The molecule has 0 bridgehead atoms. The van der Waals surface area contributed by atoms with Crippen LogP contribution in [0.4, 0.5) is 25.2 Å². The minimum Gasteiger partial charge on any atom is -0.475 e. The van der Waals surface area contributed by atoms with Crippen LogP contribution in [-0.4, -0.2) is 58.3 Å². The largest absolute Gasteiger partial charge is 0.475 e. The second-order valence-corrected chi connectivity index (χ2v) is 6.63. The third-order valence-electron chi connectivity index (χ3n) is 4.67. The molecule has 4 rings (SSSR count). The molecule has 0 saturated carbocycles. The zero-order valence-corrected chi connectivity index (χ0v) is 15.3. The molecule has 0 radical (unpaired) electrons. The summed E-state index contributed by atoms with van der Waals surface area (Å²) in [5, 5.41) is 2.86. The Hall–Kier alpha value is -3.44. The van der Waals surface area contributed by atoms with Crippen LogP contribution >= 0.6 is 0 Å². The zero-order valence-electron chi connectivity index (χ0n) is 15.3. The maximum atomic E-state index is 13.3. The van der Waals surface area contributed by atoms with Crippen LogP contribution in [0.5, 0.6) is 5.88 Å². The first-order chi connectivity index (χ1) is 13.8. The van der Waals surface area contributed by atoms with Crippen LogP contribution < -0.4 is 20.7 Å². The maximum Gasteiger partial charge on any atom is 0.416 e. The number of carbonyl (C=O) groups excluding carboxylic acids is 2. The molecule has 0 spiro atoms. The Labute approximate surface area is 163 Å². The SMILES string of the molecule is C[C@H](Nc1ccc2c(n1)OCCn1cc(N3C(=O)OC[C@H]3C(F)F)nc1-2)C(N)=O. The van der Waals surface area contributed by atoms with E-state index in [9.17, 15) is 18.4 Å². The minimum absolute atomic E-state index is 0.0743. The molecule has 2 aromatic heterocycles. The third kappa shape index (κ3) is 3.41. The average molecular weight is 408 g/mol. The Kier molecular flexibility index (Phi) is 4.68. The first kappa shape index (κ1) is 18.9. The van der Waals surface area contributed by atoms with Gasteiger partial charge in [-0.15, -0.1) is 0 Å². The van der Waals surface area contributed by atoms with E-state index in [4.69, 9.17) is 15.2 Å². The fourth-order valence-corrected chi connectivity index (χ4v) is 3.12. The molecule has 2 aliphatic heterocycles. The number of fused-ring (bicyclic) bond motifs is 3. The highest BCUT2D eigenvalue weighted by molar-refractivity contribution is 5.89. The van der Waals surface area contributed by atoms with E-state index in [1.165, 1.54) is 6.20 Å². The molecule has 154 valence electrons. The van der Waals surface area contributed by atoms with Gasteiger partial charge in [-0.3, -0.25) is 4.79 Å². The molecule has 0 aliphatic carbocycles. The van der Waals surface area contributed by atoms with Gasteiger partial charge in [-0.05, 0) is 19.1 Å². The number of primary amides is 1. The third-order valence-corrected chi connectivity index (χ3v) is 4.67. The van der Waals surface area contributed by atoms with Crippen LogP contribution in [0.15, 0.2) is 18.3 Å². The van der Waals surface area contributed by atoms with Crippen LogP contribution in [0.25, 0.3) is 11.4 Å². The Morgan fingerprint density at radius 3 is 2.86 bits per heavy atom. The summed E-state index contributed by atoms with van der Waals surface area (Å²) in [5.74, 6) is 0.606. The number of nitrogens with zero attached hydrogens (tertiary/aromatic N) is 4. The number of imidazole rings is 1. The van der Waals surface area contributed by atoms with Crippen molar-refractivity contribution in [3.8, 4) is 17.3 Å². The van der Waals surface area contributed by atoms with Crippen LogP contribution in [0.1, 0.15) is 6.92 Å². The van der Waals surface area contributed by atoms with E-state index >= 15 is 0 Å². The van der Waals surface area contributed by atoms with Gasteiger partial charge < -0.3 is 25.1 Å². The van der Waals surface area contributed by atoms with E-state index < -0.39 is 37.1 Å². The van der Waals surface area contributed by atoms with E-state index in [0.717, 1.165) is 4.90 Å². The lowest BCUT2D eigenvalue weighted by molar-refractivity contribution is -0.118. The zero-order chi connectivity index (χ0) is 20.7. The second-order valence-electron chi connectivity index (χ2n) is 6.63. The highest BCUT2D eigenvalue weighted by atomic mass is 19.3. The van der Waals surface area contributed by atoms with Crippen molar-refractivity contribution >= 4 is 23.6 Å². The number of aromatic nitrogens is 3. The molecule has 4 heterocycles. The number of rotatable bonds is 5. The second kappa shape index (κ2) is 7.18. The van der Waals surface area contributed by atoms with E-state index in [-0.39, 0.29) is 18.3 Å². The predicted octanol–water partition coefficient (Wildman–Crippen LogP) is 1.21. The van der Waals surface area contributed by atoms with E-state index in [2.05, 4.69) is 15.3 Å². The van der Waals surface area contributed by atoms with Crippen molar-refractivity contribution in [2.24, 2.45) is 5.73 Å². The van der Waals surface area contributed by atoms with Crippen LogP contribution in [0.2, 0.25) is 0 Å². The number of hydrogen-bond donors (Lipinski definition) is 2. The number of hydrogen-bond acceptors (Lipinski definition) is 7. The molecule has 12 heteroatoms. The summed E-state index contributed by atoms with van der Waals surface area (Å²) in [5.41, 5.74) is 5.77. The van der Waals surface area contributed by atoms with Gasteiger partial charge >= 0.3 is 6.09 Å². The highest BCUT2D eigenvalue weighted by Crippen LogP contribution is 2.35. The Bertz CT molecular complexity index is 965. The van der Waals surface area contributed by atoms with E-state index in [1.807, 2.05) is 0 Å². The van der Waals surface area contributed by atoms with Crippen molar-refractivity contribution in [3.05, 3.63) is 18.3 Å². The van der Waals surface area contributed by atoms with Gasteiger partial charge in [0.15, 0.2) is 5.82 Å². The first-order valence-electron chi connectivity index (χ1n) is 8.86. The molecule has 2 aliphatic rings. The summed E-state index contributed by atoms with van der Waals surface area (Å²) in [7, 11) is 0. The van der Waals surface area contributed by atoms with Gasteiger partial charge in [-0.2, -0.15) is 4.98 Å². The number of alkyl halides is 2. The van der Waals surface area contributed by atoms with E-state index in [1.54, 1.807) is 23.6 Å². The van der Waals surface area contributed by atoms with Crippen molar-refractivity contribution in [2.75, 3.05) is 23.4 Å². The lowest BCUT2D eigenvalue weighted by Gasteiger charge is -2.17. The number of pyridine rings is 1. The van der Waals surface area contributed by atoms with Gasteiger partial charge in [0.2, 0.25) is 11.8 Å². The van der Waals surface area contributed by atoms with Gasteiger partial charge in [-0.25, -0.2) is 23.5 Å². The van der Waals surface area contributed by atoms with Gasteiger partial charge in [0.1, 0.15) is 36.9 Å². The highest BCUT2D eigenvalue weighted by Gasteiger charge is 2.42. The Balaban J connectivity index is 1.68. The summed E-state index contributed by atoms with van der Waals surface area (Å²) in [6.07, 6.45) is -2.11. The van der Waals surface area contributed by atoms with Crippen LogP contribution in [-0.2, 0) is 16.1 Å². The summed E-state index contributed by atoms with van der Waals surface area (Å²) < 4.78 is 38.7. The van der Waals surface area contributed by atoms with Crippen LogP contribution in [0.3, 0.4) is 0 Å². The number of amides is 2. The Morgan fingerprint density at radius 2 is 2.14 bits per heavy atom. The molecule has 2 amide bonds. The monoisotopic (exact) mass is 408 g/mol. The molecule has 1 fully saturated rings. The molecule has 10 nitrogen and oxygen atoms in total. The summed E-state index contributed by atoms with van der Waals surface area (Å²) in [6, 6.07) is 1.28. The van der Waals surface area contributed by atoms with E-state index in [0.29, 0.717) is 23.8 Å². The summed E-state index contributed by atoms with van der Waals surface area (Å²) in [6.45, 7) is 1.83. The molecular weight excluding hydrogens is 390 g/mol. The standard InChI is InChI=1S/C17H18F2N6O4/c1-8(14(20)26)21-11-3-2-9-15-23-12(6-24(15)4-5-28-16(9)22-11)25-10(13(18)19)7-29-17(25)27/h2-3,6,8,10,13H,4-5,7H2,1H3,(H2,20,26)(H,21,22)/t8-,10-/m0/s1. The normalized spacial score (nSPS) is 19.1. The quantitative estimate of drug-likeness (QED) is 0.762. The van der Waals surface area contributed by atoms with Gasteiger partial charge in [0, 0.05) is 6.20 Å². The van der Waals surface area contributed by atoms with Crippen molar-refractivity contribution in [3.63, 3.8) is 0 Å². The van der Waals surface area contributed by atoms with Crippen molar-refractivity contribution in [1.29, 1.82) is 0 Å². The number of halogens is 2. The number of nitrogens with two attached hydrogens (primary N) is 1. The van der Waals surface area contributed by atoms with Gasteiger partial charge in [-0.1, -0.05) is 0 Å². The fraction of sp³-hybridized carbons (Fsp3) is 0.412. The molecule has 3 N–H and O–H groups in total. The number of carbonyl (C=O) groups is 2. The lowest BCUT2D eigenvalue weighted by atomic mass is 10.2. The lowest BCUT2D eigenvalue weighted by Crippen LogP contribution is -2.38. The number of ether oxygens (including phenoxy) is 2. The van der Waals surface area contributed by atoms with Crippen molar-refractivity contribution in [1.82, 2.24) is 14.5 Å². The smallest absolute Gasteiger partial charge is 0.416 e. The van der Waals surface area contributed by atoms with Gasteiger partial charge in [0.05, 0.1) is 12.1 Å². The molecular formula is C17H18F2N6O4. The van der Waals surface area contributed by atoms with Crippen molar-refractivity contribution in [2.45, 2.75) is 32.0 Å². The minimum atomic E-state index is -2.76. The van der Waals surface area contributed by atoms with Crippen LogP contribution in [0, 0.1) is 0 Å². The molecule has 0 unspecified atom stereocenters. The molecule has 1 saturated heterocycles.